The van der Waals surface area contributed by atoms with E-state index in [1.165, 1.54) is 11.3 Å². The maximum Gasteiger partial charge on any atom is 0.252 e. The molecule has 1 saturated carbocycles. The highest BCUT2D eigenvalue weighted by Crippen LogP contribution is 2.34. The lowest BCUT2D eigenvalue weighted by Crippen LogP contribution is -2.32. The summed E-state index contributed by atoms with van der Waals surface area (Å²) in [4.78, 5) is 1.12. The zero-order chi connectivity index (χ0) is 13.2. The molecule has 0 bridgehead atoms. The molecule has 0 atom stereocenters. The van der Waals surface area contributed by atoms with Gasteiger partial charge in [-0.1, -0.05) is 6.92 Å². The van der Waals surface area contributed by atoms with Crippen molar-refractivity contribution in [2.45, 2.75) is 36.4 Å². The predicted molar refractivity (Wildman–Crippen MR) is 74.5 cm³/mol. The predicted octanol–water partition coefficient (Wildman–Crippen LogP) is 1.68. The summed E-state index contributed by atoms with van der Waals surface area (Å²) in [5, 5.41) is 3.07. The number of hydrogen-bond acceptors (Lipinski definition) is 4. The zero-order valence-electron chi connectivity index (χ0n) is 10.8. The minimum atomic E-state index is -3.26. The van der Waals surface area contributed by atoms with Crippen LogP contribution in [0.3, 0.4) is 0 Å². The van der Waals surface area contributed by atoms with E-state index in [1.54, 1.807) is 10.4 Å². The van der Waals surface area contributed by atoms with Crippen molar-refractivity contribution in [3.63, 3.8) is 0 Å². The third-order valence-corrected chi connectivity index (χ3v) is 6.73. The smallest absolute Gasteiger partial charge is 0.252 e. The van der Waals surface area contributed by atoms with Crippen molar-refractivity contribution < 1.29 is 8.42 Å². The third kappa shape index (κ3) is 2.93. The summed E-state index contributed by atoms with van der Waals surface area (Å²) in [5.41, 5.74) is 0. The first kappa shape index (κ1) is 14.0. The summed E-state index contributed by atoms with van der Waals surface area (Å²) in [7, 11) is -1.36. The molecule has 0 saturated heterocycles. The van der Waals surface area contributed by atoms with E-state index in [9.17, 15) is 8.42 Å². The number of rotatable bonds is 7. The van der Waals surface area contributed by atoms with Crippen LogP contribution in [0.15, 0.2) is 16.3 Å². The monoisotopic (exact) mass is 288 g/mol. The van der Waals surface area contributed by atoms with Crippen LogP contribution in [0.4, 0.5) is 0 Å². The Morgan fingerprint density at radius 2 is 2.17 bits per heavy atom. The summed E-state index contributed by atoms with van der Waals surface area (Å²) in [5.74, 6) is 0. The first-order valence-corrected chi connectivity index (χ1v) is 8.60. The molecule has 0 radical (unpaired) electrons. The Balaban J connectivity index is 2.15. The van der Waals surface area contributed by atoms with E-state index in [2.05, 4.69) is 5.32 Å². The number of likely N-dealkylation sites (N-methyl/N-ethyl adjacent to an activating group) is 1. The molecule has 1 aliphatic rings. The van der Waals surface area contributed by atoms with Crippen molar-refractivity contribution in [3.8, 4) is 0 Å². The van der Waals surface area contributed by atoms with Crippen LogP contribution in [0.5, 0.6) is 0 Å². The average molecular weight is 288 g/mol. The Kier molecular flexibility index (Phi) is 4.42. The number of nitrogens with zero attached hydrogens (tertiary/aromatic N) is 1. The number of sulfonamides is 1. The molecule has 102 valence electrons. The standard InChI is InChI=1S/C12H20N2O2S2/c1-3-14(10-4-5-10)18(15,16)12-7-6-11(17-12)8-9-13-2/h6-7,10,13H,3-5,8-9H2,1-2H3. The maximum absolute atomic E-state index is 12.5. The summed E-state index contributed by atoms with van der Waals surface area (Å²) in [6, 6.07) is 3.91. The van der Waals surface area contributed by atoms with Gasteiger partial charge < -0.3 is 5.32 Å². The summed E-state index contributed by atoms with van der Waals surface area (Å²) in [6.45, 7) is 3.35. The molecule has 4 nitrogen and oxygen atoms in total. The lowest BCUT2D eigenvalue weighted by molar-refractivity contribution is 0.422. The molecule has 0 aromatic carbocycles. The van der Waals surface area contributed by atoms with Gasteiger partial charge in [0.2, 0.25) is 0 Å². The topological polar surface area (TPSA) is 49.4 Å². The number of hydrogen-bond donors (Lipinski definition) is 1. The molecule has 1 aromatic heterocycles. The molecule has 0 amide bonds. The highest BCUT2D eigenvalue weighted by atomic mass is 32.2. The second-order valence-electron chi connectivity index (χ2n) is 4.51. The molecule has 1 aromatic rings. The van der Waals surface area contributed by atoms with Crippen molar-refractivity contribution in [2.24, 2.45) is 0 Å². The van der Waals surface area contributed by atoms with E-state index in [0.29, 0.717) is 10.8 Å². The Bertz CT molecular complexity index is 492. The fourth-order valence-corrected chi connectivity index (χ4v) is 5.16. The number of nitrogens with one attached hydrogen (secondary N) is 1. The highest BCUT2D eigenvalue weighted by molar-refractivity contribution is 7.91. The van der Waals surface area contributed by atoms with Crippen LogP contribution in [0.25, 0.3) is 0 Å². The van der Waals surface area contributed by atoms with Gasteiger partial charge in [-0.2, -0.15) is 4.31 Å². The Hall–Kier alpha value is -0.430. The largest absolute Gasteiger partial charge is 0.319 e. The van der Waals surface area contributed by atoms with Crippen molar-refractivity contribution in [3.05, 3.63) is 17.0 Å². The molecule has 0 spiro atoms. The van der Waals surface area contributed by atoms with Gasteiger partial charge in [0.1, 0.15) is 4.21 Å². The molecular weight excluding hydrogens is 268 g/mol. The Morgan fingerprint density at radius 1 is 1.44 bits per heavy atom. The van der Waals surface area contributed by atoms with Crippen molar-refractivity contribution in [1.29, 1.82) is 0 Å². The minimum Gasteiger partial charge on any atom is -0.319 e. The SMILES string of the molecule is CCN(C1CC1)S(=O)(=O)c1ccc(CCNC)s1. The molecule has 1 aliphatic carbocycles. The average Bonchev–Trinajstić information content (AvgIpc) is 3.04. The van der Waals surface area contributed by atoms with Gasteiger partial charge in [-0.05, 0) is 45.0 Å². The lowest BCUT2D eigenvalue weighted by atomic mass is 10.3. The van der Waals surface area contributed by atoms with E-state index in [-0.39, 0.29) is 6.04 Å². The van der Waals surface area contributed by atoms with Crippen LogP contribution >= 0.6 is 11.3 Å². The van der Waals surface area contributed by atoms with Crippen molar-refractivity contribution in [2.75, 3.05) is 20.1 Å². The van der Waals surface area contributed by atoms with Gasteiger partial charge in [0, 0.05) is 17.5 Å². The molecular formula is C12H20N2O2S2. The zero-order valence-corrected chi connectivity index (χ0v) is 12.5. The van der Waals surface area contributed by atoms with Gasteiger partial charge in [0.15, 0.2) is 0 Å². The molecule has 0 aliphatic heterocycles. The minimum absolute atomic E-state index is 0.239. The van der Waals surface area contributed by atoms with Gasteiger partial charge >= 0.3 is 0 Å². The van der Waals surface area contributed by atoms with Crippen LogP contribution < -0.4 is 5.32 Å². The van der Waals surface area contributed by atoms with Crippen LogP contribution in [0, 0.1) is 0 Å². The molecule has 0 unspecified atom stereocenters. The fraction of sp³-hybridized carbons (Fsp3) is 0.667. The highest BCUT2D eigenvalue weighted by Gasteiger charge is 2.37. The van der Waals surface area contributed by atoms with Crippen LogP contribution in [-0.2, 0) is 16.4 Å². The van der Waals surface area contributed by atoms with Crippen LogP contribution in [0.1, 0.15) is 24.6 Å². The van der Waals surface area contributed by atoms with Crippen LogP contribution in [-0.4, -0.2) is 38.9 Å². The Labute approximate surface area is 113 Å². The van der Waals surface area contributed by atoms with Gasteiger partial charge in [0.25, 0.3) is 10.0 Å². The van der Waals surface area contributed by atoms with E-state index in [0.717, 1.165) is 30.7 Å². The van der Waals surface area contributed by atoms with Crippen molar-refractivity contribution in [1.82, 2.24) is 9.62 Å². The second-order valence-corrected chi connectivity index (χ2v) is 7.80. The summed E-state index contributed by atoms with van der Waals surface area (Å²) in [6.07, 6.45) is 2.89. The normalized spacial score (nSPS) is 16.4. The van der Waals surface area contributed by atoms with Gasteiger partial charge in [-0.25, -0.2) is 8.42 Å². The fourth-order valence-electron chi connectivity index (χ4n) is 1.98. The third-order valence-electron chi connectivity index (χ3n) is 3.09. The van der Waals surface area contributed by atoms with Gasteiger partial charge in [0.05, 0.1) is 0 Å². The molecule has 1 fully saturated rings. The lowest BCUT2D eigenvalue weighted by Gasteiger charge is -2.18. The Morgan fingerprint density at radius 3 is 2.72 bits per heavy atom. The van der Waals surface area contributed by atoms with E-state index in [1.807, 2.05) is 20.0 Å². The van der Waals surface area contributed by atoms with E-state index in [4.69, 9.17) is 0 Å². The first-order chi connectivity index (χ1) is 8.59. The molecule has 1 heterocycles. The van der Waals surface area contributed by atoms with E-state index >= 15 is 0 Å². The van der Waals surface area contributed by atoms with Crippen molar-refractivity contribution >= 4 is 21.4 Å². The van der Waals surface area contributed by atoms with Crippen LogP contribution in [0.2, 0.25) is 0 Å². The molecule has 18 heavy (non-hydrogen) atoms. The maximum atomic E-state index is 12.5. The summed E-state index contributed by atoms with van der Waals surface area (Å²) >= 11 is 1.40. The molecule has 2 rings (SSSR count). The van der Waals surface area contributed by atoms with Gasteiger partial charge in [-0.15, -0.1) is 11.3 Å². The quantitative estimate of drug-likeness (QED) is 0.830. The number of thiophene rings is 1. The molecule has 6 heteroatoms. The molecule has 1 N–H and O–H groups in total. The summed E-state index contributed by atoms with van der Waals surface area (Å²) < 4.78 is 27.0. The van der Waals surface area contributed by atoms with E-state index < -0.39 is 10.0 Å². The first-order valence-electron chi connectivity index (χ1n) is 6.34. The van der Waals surface area contributed by atoms with Gasteiger partial charge in [-0.3, -0.25) is 0 Å². The second kappa shape index (κ2) is 5.69.